The van der Waals surface area contributed by atoms with Gasteiger partial charge in [0.2, 0.25) is 0 Å². The van der Waals surface area contributed by atoms with Crippen LogP contribution in [0.2, 0.25) is 0 Å². The molecule has 1 nitrogen and oxygen atoms in total. The minimum atomic E-state index is -0.174. The lowest BCUT2D eigenvalue weighted by Crippen LogP contribution is -1.98. The summed E-state index contributed by atoms with van der Waals surface area (Å²) < 4.78 is 8.10. The lowest BCUT2D eigenvalue weighted by atomic mass is 10.6. The van der Waals surface area contributed by atoms with Gasteiger partial charge in [-0.2, -0.15) is 0 Å². The fourth-order valence-corrected chi connectivity index (χ4v) is 0. The summed E-state index contributed by atoms with van der Waals surface area (Å²) in [5.74, 6) is 0. The summed E-state index contributed by atoms with van der Waals surface area (Å²) in [6.07, 6.45) is 0. The molecule has 0 saturated heterocycles. The molecule has 6 heavy (non-hydrogen) atoms. The van der Waals surface area contributed by atoms with Crippen molar-refractivity contribution < 1.29 is 4.55 Å². The highest BCUT2D eigenvalue weighted by Gasteiger charge is 2.09. The summed E-state index contributed by atoms with van der Waals surface area (Å²) in [4.78, 5) is 0. The van der Waals surface area contributed by atoms with Crippen molar-refractivity contribution in [3.8, 4) is 0 Å². The van der Waals surface area contributed by atoms with Crippen LogP contribution in [-0.4, -0.2) is 8.21 Å². The molecule has 0 amide bonds. The highest BCUT2D eigenvalue weighted by molar-refractivity contribution is 9.11. The van der Waals surface area contributed by atoms with Gasteiger partial charge in [0.05, 0.1) is 3.66 Å². The number of alkyl halides is 1. The van der Waals surface area contributed by atoms with Crippen molar-refractivity contribution in [2.45, 2.75) is 17.5 Å². The van der Waals surface area contributed by atoms with Gasteiger partial charge in [-0.15, -0.1) is 0 Å². The number of hydrogen-bond donors (Lipinski definition) is 1. The molecular weight excluding hydrogens is 164 g/mol. The van der Waals surface area contributed by atoms with Crippen LogP contribution >= 0.6 is 28.0 Å². The van der Waals surface area contributed by atoms with Gasteiger partial charge >= 0.3 is 0 Å². The molecule has 0 aromatic rings. The summed E-state index contributed by atoms with van der Waals surface area (Å²) in [7, 11) is 0. The first-order valence-electron chi connectivity index (χ1n) is 1.58. The summed E-state index contributed by atoms with van der Waals surface area (Å²) in [6, 6.07) is 0. The van der Waals surface area contributed by atoms with Crippen LogP contribution in [0.5, 0.6) is 0 Å². The topological polar surface area (TPSA) is 20.2 Å². The van der Waals surface area contributed by atoms with Crippen molar-refractivity contribution in [1.29, 1.82) is 0 Å². The highest BCUT2D eigenvalue weighted by atomic mass is 79.9. The molecule has 0 spiro atoms. The molecule has 0 fully saturated rings. The molecule has 0 heterocycles. The Morgan fingerprint density at radius 2 is 1.83 bits per heavy atom. The van der Waals surface area contributed by atoms with Crippen molar-refractivity contribution in [3.63, 3.8) is 0 Å². The Labute approximate surface area is 50.5 Å². The fourth-order valence-electron chi connectivity index (χ4n) is 0. The Morgan fingerprint density at radius 1 is 1.67 bits per heavy atom. The predicted molar refractivity (Wildman–Crippen MR) is 33.2 cm³/mol. The monoisotopic (exact) mass is 170 g/mol. The first kappa shape index (κ1) is 6.79. The predicted octanol–water partition coefficient (Wildman–Crippen LogP) is 2.32. The van der Waals surface area contributed by atoms with Gasteiger partial charge in [-0.3, -0.25) is 0 Å². The minimum Gasteiger partial charge on any atom is -0.329 e. The van der Waals surface area contributed by atoms with Crippen LogP contribution in [0.3, 0.4) is 0 Å². The molecular formula is C3H7BrOS. The highest BCUT2D eigenvalue weighted by Crippen LogP contribution is 2.26. The maximum atomic E-state index is 8.27. The summed E-state index contributed by atoms with van der Waals surface area (Å²) in [5, 5.41) is 0. The van der Waals surface area contributed by atoms with E-state index in [1.165, 1.54) is 0 Å². The van der Waals surface area contributed by atoms with Gasteiger partial charge in [0, 0.05) is 12.0 Å². The molecule has 0 rings (SSSR count). The Hall–Kier alpha value is 0.790. The van der Waals surface area contributed by atoms with Crippen LogP contribution in [0.25, 0.3) is 0 Å². The molecule has 0 radical (unpaired) electrons. The van der Waals surface area contributed by atoms with E-state index in [1.807, 2.05) is 13.8 Å². The second-order valence-electron chi connectivity index (χ2n) is 1.45. The van der Waals surface area contributed by atoms with Gasteiger partial charge < -0.3 is 4.55 Å². The Morgan fingerprint density at radius 3 is 1.83 bits per heavy atom. The average Bonchev–Trinajstić information content (AvgIpc) is 1.35. The van der Waals surface area contributed by atoms with E-state index < -0.39 is 0 Å². The number of hydrogen-bond acceptors (Lipinski definition) is 2. The lowest BCUT2D eigenvalue weighted by molar-refractivity contribution is 0.651. The van der Waals surface area contributed by atoms with Gasteiger partial charge in [0.15, 0.2) is 0 Å². The van der Waals surface area contributed by atoms with Gasteiger partial charge in [0.25, 0.3) is 0 Å². The van der Waals surface area contributed by atoms with Crippen LogP contribution in [0.1, 0.15) is 13.8 Å². The van der Waals surface area contributed by atoms with E-state index in [4.69, 9.17) is 4.55 Å². The van der Waals surface area contributed by atoms with Crippen LogP contribution < -0.4 is 0 Å². The van der Waals surface area contributed by atoms with Crippen molar-refractivity contribution in [2.24, 2.45) is 0 Å². The maximum Gasteiger partial charge on any atom is 0.0911 e. The maximum absolute atomic E-state index is 8.27. The third kappa shape index (κ3) is 4.79. The van der Waals surface area contributed by atoms with Gasteiger partial charge in [-0.1, -0.05) is 15.9 Å². The van der Waals surface area contributed by atoms with E-state index >= 15 is 0 Å². The van der Waals surface area contributed by atoms with Gasteiger partial charge in [-0.05, 0) is 13.8 Å². The Kier molecular flexibility index (Phi) is 2.48. The van der Waals surface area contributed by atoms with Crippen LogP contribution in [-0.2, 0) is 0 Å². The van der Waals surface area contributed by atoms with Crippen molar-refractivity contribution in [2.75, 3.05) is 0 Å². The second kappa shape index (κ2) is 2.19. The second-order valence-corrected chi connectivity index (χ2v) is 5.17. The average molecular weight is 171 g/mol. The van der Waals surface area contributed by atoms with E-state index in [1.54, 1.807) is 0 Å². The van der Waals surface area contributed by atoms with Gasteiger partial charge in [0.1, 0.15) is 0 Å². The molecule has 0 aliphatic heterocycles. The molecule has 0 unspecified atom stereocenters. The SMILES string of the molecule is CC(C)(Br)SO. The zero-order valence-electron chi connectivity index (χ0n) is 3.73. The minimum absolute atomic E-state index is 0.174. The van der Waals surface area contributed by atoms with E-state index in [0.29, 0.717) is 0 Å². The van der Waals surface area contributed by atoms with Gasteiger partial charge in [-0.25, -0.2) is 0 Å². The molecule has 0 aromatic heterocycles. The van der Waals surface area contributed by atoms with Crippen molar-refractivity contribution in [3.05, 3.63) is 0 Å². The molecule has 0 aliphatic rings. The molecule has 0 atom stereocenters. The molecule has 0 saturated carbocycles. The smallest absolute Gasteiger partial charge is 0.0911 e. The summed E-state index contributed by atoms with van der Waals surface area (Å²) in [6.45, 7) is 3.75. The largest absolute Gasteiger partial charge is 0.329 e. The van der Waals surface area contributed by atoms with Crippen molar-refractivity contribution in [1.82, 2.24) is 0 Å². The fraction of sp³-hybridized carbons (Fsp3) is 1.00. The Balaban J connectivity index is 3.17. The molecule has 0 aromatic carbocycles. The van der Waals surface area contributed by atoms with E-state index in [-0.39, 0.29) is 3.66 Å². The lowest BCUT2D eigenvalue weighted by Gasteiger charge is -2.06. The third-order valence-electron chi connectivity index (χ3n) is 0.217. The zero-order valence-corrected chi connectivity index (χ0v) is 6.14. The number of halogens is 1. The summed E-state index contributed by atoms with van der Waals surface area (Å²) >= 11 is 3.99. The normalized spacial score (nSPS) is 12.0. The van der Waals surface area contributed by atoms with Crippen molar-refractivity contribution >= 4 is 28.0 Å². The first-order valence-corrected chi connectivity index (χ1v) is 3.14. The van der Waals surface area contributed by atoms with E-state index in [0.717, 1.165) is 12.0 Å². The molecule has 1 N–H and O–H groups in total. The standard InChI is InChI=1S/C3H7BrOS/c1-3(2,4)6-5/h5H,1-2H3. The first-order chi connectivity index (χ1) is 2.56. The van der Waals surface area contributed by atoms with Crippen LogP contribution in [0.15, 0.2) is 0 Å². The molecule has 38 valence electrons. The Bertz CT molecular complexity index is 40.5. The molecule has 0 aliphatic carbocycles. The van der Waals surface area contributed by atoms with Crippen LogP contribution in [0.4, 0.5) is 0 Å². The van der Waals surface area contributed by atoms with E-state index in [2.05, 4.69) is 15.9 Å². The zero-order chi connectivity index (χ0) is 5.21. The van der Waals surface area contributed by atoms with Crippen LogP contribution in [0, 0.1) is 0 Å². The third-order valence-corrected chi connectivity index (χ3v) is 1.09. The summed E-state index contributed by atoms with van der Waals surface area (Å²) in [5.41, 5.74) is 0. The molecule has 0 bridgehead atoms. The van der Waals surface area contributed by atoms with E-state index in [9.17, 15) is 0 Å². The molecule has 3 heteroatoms. The number of rotatable bonds is 1. The quantitative estimate of drug-likeness (QED) is 0.482.